The van der Waals surface area contributed by atoms with E-state index in [9.17, 15) is 4.79 Å². The minimum absolute atomic E-state index is 0.00657. The molecule has 0 bridgehead atoms. The second kappa shape index (κ2) is 7.18. The highest BCUT2D eigenvalue weighted by Gasteiger charge is 2.18. The molecule has 122 valence electrons. The zero-order valence-electron chi connectivity index (χ0n) is 13.9. The van der Waals surface area contributed by atoms with Gasteiger partial charge < -0.3 is 10.2 Å². The zero-order valence-corrected chi connectivity index (χ0v) is 14.7. The minimum Gasteiger partial charge on any atom is -0.370 e. The van der Waals surface area contributed by atoms with Crippen LogP contribution in [0.5, 0.6) is 0 Å². The van der Waals surface area contributed by atoms with E-state index in [1.807, 2.05) is 18.2 Å². The third kappa shape index (κ3) is 3.58. The number of nitrogens with zero attached hydrogens (tertiary/aromatic N) is 1. The zero-order chi connectivity index (χ0) is 16.2. The molecule has 1 aliphatic heterocycles. The highest BCUT2D eigenvalue weighted by Crippen LogP contribution is 2.30. The van der Waals surface area contributed by atoms with Crippen LogP contribution in [0.15, 0.2) is 30.3 Å². The SMILES string of the molecule is CCCc1cc(C(=O)Nc2ccccc2N2CCCC2)sc1C. The number of hydrogen-bond donors (Lipinski definition) is 1. The summed E-state index contributed by atoms with van der Waals surface area (Å²) in [7, 11) is 0. The van der Waals surface area contributed by atoms with Gasteiger partial charge in [-0.15, -0.1) is 11.3 Å². The lowest BCUT2D eigenvalue weighted by molar-refractivity contribution is 0.103. The molecule has 0 saturated carbocycles. The van der Waals surface area contributed by atoms with Crippen molar-refractivity contribution in [2.24, 2.45) is 0 Å². The number of carbonyl (C=O) groups excluding carboxylic acids is 1. The number of para-hydroxylation sites is 2. The molecule has 4 heteroatoms. The van der Waals surface area contributed by atoms with Crippen molar-refractivity contribution in [3.8, 4) is 0 Å². The summed E-state index contributed by atoms with van der Waals surface area (Å²) in [5.41, 5.74) is 3.36. The predicted molar refractivity (Wildman–Crippen MR) is 98.9 cm³/mol. The highest BCUT2D eigenvalue weighted by atomic mass is 32.1. The first-order valence-electron chi connectivity index (χ1n) is 8.43. The third-order valence-electron chi connectivity index (χ3n) is 4.36. The van der Waals surface area contributed by atoms with Gasteiger partial charge in [-0.2, -0.15) is 0 Å². The average Bonchev–Trinajstić information content (AvgIpc) is 3.19. The Balaban J connectivity index is 1.79. The van der Waals surface area contributed by atoms with Crippen LogP contribution in [0.2, 0.25) is 0 Å². The molecular weight excluding hydrogens is 304 g/mol. The number of thiophene rings is 1. The number of rotatable bonds is 5. The van der Waals surface area contributed by atoms with Crippen molar-refractivity contribution in [2.45, 2.75) is 39.5 Å². The number of carbonyl (C=O) groups is 1. The summed E-state index contributed by atoms with van der Waals surface area (Å²) >= 11 is 1.59. The number of amides is 1. The van der Waals surface area contributed by atoms with Crippen molar-refractivity contribution in [1.82, 2.24) is 0 Å². The highest BCUT2D eigenvalue weighted by molar-refractivity contribution is 7.14. The maximum absolute atomic E-state index is 12.6. The fourth-order valence-electron chi connectivity index (χ4n) is 3.15. The van der Waals surface area contributed by atoms with Gasteiger partial charge in [-0.3, -0.25) is 4.79 Å². The van der Waals surface area contributed by atoms with E-state index < -0.39 is 0 Å². The molecule has 2 aromatic rings. The molecule has 3 nitrogen and oxygen atoms in total. The monoisotopic (exact) mass is 328 g/mol. The van der Waals surface area contributed by atoms with E-state index in [1.54, 1.807) is 11.3 Å². The summed E-state index contributed by atoms with van der Waals surface area (Å²) in [5, 5.41) is 3.12. The van der Waals surface area contributed by atoms with Gasteiger partial charge >= 0.3 is 0 Å². The lowest BCUT2D eigenvalue weighted by Gasteiger charge is -2.21. The third-order valence-corrected chi connectivity index (χ3v) is 5.45. The smallest absolute Gasteiger partial charge is 0.265 e. The predicted octanol–water partition coefficient (Wildman–Crippen LogP) is 4.86. The lowest BCUT2D eigenvalue weighted by Crippen LogP contribution is -2.20. The van der Waals surface area contributed by atoms with Gasteiger partial charge in [-0.05, 0) is 49.9 Å². The molecule has 2 heterocycles. The van der Waals surface area contributed by atoms with Crippen molar-refractivity contribution >= 4 is 28.6 Å². The Hall–Kier alpha value is -1.81. The molecule has 0 spiro atoms. The van der Waals surface area contributed by atoms with Crippen molar-refractivity contribution in [2.75, 3.05) is 23.3 Å². The molecule has 0 radical (unpaired) electrons. The number of nitrogens with one attached hydrogen (secondary N) is 1. The van der Waals surface area contributed by atoms with Crippen LogP contribution >= 0.6 is 11.3 Å². The van der Waals surface area contributed by atoms with E-state index in [2.05, 4.69) is 36.2 Å². The first-order valence-corrected chi connectivity index (χ1v) is 9.25. The van der Waals surface area contributed by atoms with Gasteiger partial charge in [-0.25, -0.2) is 0 Å². The Morgan fingerprint density at radius 3 is 2.74 bits per heavy atom. The first-order chi connectivity index (χ1) is 11.2. The van der Waals surface area contributed by atoms with E-state index in [4.69, 9.17) is 0 Å². The molecular formula is C19H24N2OS. The van der Waals surface area contributed by atoms with Gasteiger partial charge in [-0.1, -0.05) is 25.5 Å². The van der Waals surface area contributed by atoms with Crippen LogP contribution in [0.3, 0.4) is 0 Å². The summed E-state index contributed by atoms with van der Waals surface area (Å²) in [4.78, 5) is 17.1. The van der Waals surface area contributed by atoms with Crippen molar-refractivity contribution < 1.29 is 4.79 Å². The fraction of sp³-hybridized carbons (Fsp3) is 0.421. The van der Waals surface area contributed by atoms with E-state index >= 15 is 0 Å². The van der Waals surface area contributed by atoms with Crippen LogP contribution in [0.4, 0.5) is 11.4 Å². The Bertz CT molecular complexity index is 686. The van der Waals surface area contributed by atoms with Crippen LogP contribution in [0.25, 0.3) is 0 Å². The van der Waals surface area contributed by atoms with Gasteiger partial charge in [0.1, 0.15) is 0 Å². The molecule has 1 amide bonds. The molecule has 1 fully saturated rings. The Morgan fingerprint density at radius 1 is 1.26 bits per heavy atom. The summed E-state index contributed by atoms with van der Waals surface area (Å²) < 4.78 is 0. The molecule has 1 N–H and O–H groups in total. The maximum atomic E-state index is 12.6. The maximum Gasteiger partial charge on any atom is 0.265 e. The quantitative estimate of drug-likeness (QED) is 0.850. The average molecular weight is 328 g/mol. The summed E-state index contributed by atoms with van der Waals surface area (Å²) in [6.07, 6.45) is 4.61. The van der Waals surface area contributed by atoms with Gasteiger partial charge in [0.05, 0.1) is 16.3 Å². The molecule has 0 unspecified atom stereocenters. The van der Waals surface area contributed by atoms with Gasteiger partial charge in [0.25, 0.3) is 5.91 Å². The Labute approximate surface area is 142 Å². The normalized spacial score (nSPS) is 14.3. The largest absolute Gasteiger partial charge is 0.370 e. The van der Waals surface area contributed by atoms with Gasteiger partial charge in [0.15, 0.2) is 0 Å². The number of benzene rings is 1. The molecule has 3 rings (SSSR count). The topological polar surface area (TPSA) is 32.3 Å². The van der Waals surface area contributed by atoms with Crippen LogP contribution in [-0.2, 0) is 6.42 Å². The van der Waals surface area contributed by atoms with Crippen LogP contribution in [-0.4, -0.2) is 19.0 Å². The second-order valence-corrected chi connectivity index (χ2v) is 7.36. The Kier molecular flexibility index (Phi) is 5.01. The first kappa shape index (κ1) is 16.1. The summed E-state index contributed by atoms with van der Waals surface area (Å²) in [6, 6.07) is 10.2. The number of hydrogen-bond acceptors (Lipinski definition) is 3. The molecule has 1 aliphatic rings. The number of aryl methyl sites for hydroxylation is 2. The Morgan fingerprint density at radius 2 is 2.00 bits per heavy atom. The van der Waals surface area contributed by atoms with Crippen LogP contribution in [0, 0.1) is 6.92 Å². The van der Waals surface area contributed by atoms with Crippen LogP contribution < -0.4 is 10.2 Å². The van der Waals surface area contributed by atoms with E-state index in [-0.39, 0.29) is 5.91 Å². The summed E-state index contributed by atoms with van der Waals surface area (Å²) in [6.45, 7) is 6.42. The molecule has 1 aromatic carbocycles. The van der Waals surface area contributed by atoms with Gasteiger partial charge in [0, 0.05) is 18.0 Å². The minimum atomic E-state index is 0.00657. The van der Waals surface area contributed by atoms with Crippen molar-refractivity contribution in [1.29, 1.82) is 0 Å². The summed E-state index contributed by atoms with van der Waals surface area (Å²) in [5.74, 6) is 0.00657. The van der Waals surface area contributed by atoms with Crippen molar-refractivity contribution in [3.05, 3.63) is 45.6 Å². The second-order valence-electron chi connectivity index (χ2n) is 6.11. The lowest BCUT2D eigenvalue weighted by atomic mass is 10.1. The molecule has 1 saturated heterocycles. The standard InChI is InChI=1S/C19H24N2OS/c1-3-8-15-13-18(23-14(15)2)19(22)20-16-9-4-5-10-17(16)21-11-6-7-12-21/h4-5,9-10,13H,3,6-8,11-12H2,1-2H3,(H,20,22). The van der Waals surface area contributed by atoms with Crippen molar-refractivity contribution in [3.63, 3.8) is 0 Å². The molecule has 1 aromatic heterocycles. The molecule has 23 heavy (non-hydrogen) atoms. The van der Waals surface area contributed by atoms with E-state index in [0.29, 0.717) is 0 Å². The van der Waals surface area contributed by atoms with E-state index in [0.717, 1.165) is 42.2 Å². The number of anilines is 2. The van der Waals surface area contributed by atoms with Gasteiger partial charge in [0.2, 0.25) is 0 Å². The molecule has 0 aliphatic carbocycles. The fourth-order valence-corrected chi connectivity index (χ4v) is 4.11. The van der Waals surface area contributed by atoms with E-state index in [1.165, 1.54) is 23.3 Å². The van der Waals surface area contributed by atoms with Crippen LogP contribution in [0.1, 0.15) is 46.3 Å². The molecule has 0 atom stereocenters.